The van der Waals surface area contributed by atoms with Gasteiger partial charge in [0.2, 0.25) is 0 Å². The largest absolute Gasteiger partial charge is 0.483 e. The first-order chi connectivity index (χ1) is 12.3. The zero-order chi connectivity index (χ0) is 19.7. The predicted octanol–water partition coefficient (Wildman–Crippen LogP) is 0.328. The Hall–Kier alpha value is -2.69. The SMILES string of the molecule is Cc1c(-c2cccc(C(=O)NCCCO)c2)ccn1S(N)(=O)=O.O=CO. The van der Waals surface area contributed by atoms with Crippen LogP contribution in [0, 0.1) is 6.92 Å². The minimum atomic E-state index is -3.85. The molecule has 0 bridgehead atoms. The van der Waals surface area contributed by atoms with Crippen LogP contribution in [0.1, 0.15) is 22.5 Å². The summed E-state index contributed by atoms with van der Waals surface area (Å²) in [5.41, 5.74) is 2.34. The number of aliphatic hydroxyl groups excluding tert-OH is 1. The van der Waals surface area contributed by atoms with Gasteiger partial charge in [-0.25, -0.2) is 9.11 Å². The molecular formula is C16H21N3O6S. The minimum Gasteiger partial charge on any atom is -0.483 e. The van der Waals surface area contributed by atoms with Gasteiger partial charge in [0.15, 0.2) is 0 Å². The second kappa shape index (κ2) is 9.70. The molecule has 1 aromatic heterocycles. The number of nitrogens with one attached hydrogen (secondary N) is 1. The summed E-state index contributed by atoms with van der Waals surface area (Å²) in [4.78, 5) is 20.4. The third-order valence-electron chi connectivity index (χ3n) is 3.43. The van der Waals surface area contributed by atoms with Gasteiger partial charge in [0.1, 0.15) is 0 Å². The molecule has 26 heavy (non-hydrogen) atoms. The van der Waals surface area contributed by atoms with Gasteiger partial charge in [0.25, 0.3) is 12.4 Å². The van der Waals surface area contributed by atoms with Crippen molar-refractivity contribution in [2.75, 3.05) is 13.2 Å². The van der Waals surface area contributed by atoms with Gasteiger partial charge in [-0.2, -0.15) is 8.42 Å². The number of carboxylic acid groups (broad SMARTS) is 1. The molecule has 9 nitrogen and oxygen atoms in total. The molecule has 0 aliphatic heterocycles. The molecule has 1 aromatic carbocycles. The van der Waals surface area contributed by atoms with E-state index in [4.69, 9.17) is 20.1 Å². The van der Waals surface area contributed by atoms with Crippen molar-refractivity contribution in [1.82, 2.24) is 9.29 Å². The number of aromatic nitrogens is 1. The highest BCUT2D eigenvalue weighted by Crippen LogP contribution is 2.25. The van der Waals surface area contributed by atoms with Crippen LogP contribution in [0.2, 0.25) is 0 Å². The van der Waals surface area contributed by atoms with Crippen molar-refractivity contribution in [3.8, 4) is 11.1 Å². The quantitative estimate of drug-likeness (QED) is 0.417. The Morgan fingerprint density at radius 3 is 2.54 bits per heavy atom. The highest BCUT2D eigenvalue weighted by Gasteiger charge is 2.14. The van der Waals surface area contributed by atoms with Gasteiger partial charge in [-0.3, -0.25) is 9.59 Å². The molecular weight excluding hydrogens is 362 g/mol. The van der Waals surface area contributed by atoms with Crippen molar-refractivity contribution >= 4 is 22.6 Å². The highest BCUT2D eigenvalue weighted by molar-refractivity contribution is 7.87. The number of carbonyl (C=O) groups excluding carboxylic acids is 1. The van der Waals surface area contributed by atoms with E-state index < -0.39 is 10.2 Å². The zero-order valence-electron chi connectivity index (χ0n) is 14.1. The third-order valence-corrected chi connectivity index (χ3v) is 4.37. The summed E-state index contributed by atoms with van der Waals surface area (Å²) in [5.74, 6) is -0.246. The number of rotatable bonds is 6. The van der Waals surface area contributed by atoms with Crippen molar-refractivity contribution in [2.45, 2.75) is 13.3 Å². The number of hydrogen-bond acceptors (Lipinski definition) is 5. The van der Waals surface area contributed by atoms with E-state index in [0.29, 0.717) is 29.8 Å². The van der Waals surface area contributed by atoms with E-state index in [1.807, 2.05) is 0 Å². The third kappa shape index (κ3) is 5.69. The standard InChI is InChI=1S/C15H19N3O4S.CH2O2/c1-11-14(6-8-18(11)23(16,21)22)12-4-2-5-13(10-12)15(20)17-7-3-9-19;2-1-3/h2,4-6,8,10,19H,3,7,9H2,1H3,(H,17,20)(H2,16,21,22);1H,(H,2,3). The lowest BCUT2D eigenvalue weighted by molar-refractivity contribution is -0.122. The molecule has 0 radical (unpaired) electrons. The summed E-state index contributed by atoms with van der Waals surface area (Å²) in [7, 11) is -3.85. The van der Waals surface area contributed by atoms with Crippen molar-refractivity contribution in [3.05, 3.63) is 47.8 Å². The Morgan fingerprint density at radius 2 is 2.00 bits per heavy atom. The summed E-state index contributed by atoms with van der Waals surface area (Å²) >= 11 is 0. The normalized spacial score (nSPS) is 10.6. The Labute approximate surface area is 151 Å². The monoisotopic (exact) mass is 383 g/mol. The fourth-order valence-corrected chi connectivity index (χ4v) is 3.00. The molecule has 2 rings (SSSR count). The van der Waals surface area contributed by atoms with Crippen LogP contribution in [0.15, 0.2) is 36.5 Å². The number of nitrogens with two attached hydrogens (primary N) is 1. The molecule has 1 amide bonds. The zero-order valence-corrected chi connectivity index (χ0v) is 14.9. The van der Waals surface area contributed by atoms with Crippen LogP contribution in [-0.4, -0.2) is 48.1 Å². The van der Waals surface area contributed by atoms with E-state index in [0.717, 1.165) is 9.54 Å². The lowest BCUT2D eigenvalue weighted by Gasteiger charge is -2.08. The van der Waals surface area contributed by atoms with Crippen molar-refractivity contribution < 1.29 is 28.2 Å². The van der Waals surface area contributed by atoms with E-state index in [1.165, 1.54) is 6.20 Å². The van der Waals surface area contributed by atoms with E-state index in [1.54, 1.807) is 37.3 Å². The molecule has 5 N–H and O–H groups in total. The van der Waals surface area contributed by atoms with Crippen LogP contribution in [0.4, 0.5) is 0 Å². The number of amides is 1. The van der Waals surface area contributed by atoms with Crippen LogP contribution in [0.3, 0.4) is 0 Å². The molecule has 10 heteroatoms. The second-order valence-corrected chi connectivity index (χ2v) is 6.60. The van der Waals surface area contributed by atoms with Crippen LogP contribution in [0.25, 0.3) is 11.1 Å². The van der Waals surface area contributed by atoms with Crippen LogP contribution in [-0.2, 0) is 15.0 Å². The van der Waals surface area contributed by atoms with Crippen molar-refractivity contribution in [3.63, 3.8) is 0 Å². The Balaban J connectivity index is 0.00000105. The molecule has 1 heterocycles. The maximum Gasteiger partial charge on any atom is 0.302 e. The number of carbonyl (C=O) groups is 2. The second-order valence-electron chi connectivity index (χ2n) is 5.17. The predicted molar refractivity (Wildman–Crippen MR) is 95.8 cm³/mol. The Bertz CT molecular complexity index is 861. The molecule has 0 saturated carbocycles. The summed E-state index contributed by atoms with van der Waals surface area (Å²) in [5, 5.41) is 23.5. The van der Waals surface area contributed by atoms with E-state index in [2.05, 4.69) is 5.32 Å². The lowest BCUT2D eigenvalue weighted by atomic mass is 10.0. The van der Waals surface area contributed by atoms with E-state index in [-0.39, 0.29) is 19.0 Å². The summed E-state index contributed by atoms with van der Waals surface area (Å²) in [6.07, 6.45) is 1.87. The topological polar surface area (TPSA) is 152 Å². The first-order valence-electron chi connectivity index (χ1n) is 7.54. The molecule has 0 aliphatic carbocycles. The first kappa shape index (κ1) is 21.4. The van der Waals surface area contributed by atoms with Gasteiger partial charge in [-0.15, -0.1) is 0 Å². The molecule has 0 saturated heterocycles. The summed E-state index contributed by atoms with van der Waals surface area (Å²) in [6.45, 7) is 1.80. The van der Waals surface area contributed by atoms with Crippen LogP contribution in [0.5, 0.6) is 0 Å². The number of aliphatic hydroxyl groups is 1. The Morgan fingerprint density at radius 1 is 1.35 bits per heavy atom. The Kier molecular flexibility index (Phi) is 7.97. The highest BCUT2D eigenvalue weighted by atomic mass is 32.2. The molecule has 0 atom stereocenters. The van der Waals surface area contributed by atoms with Gasteiger partial charge in [0.05, 0.1) is 0 Å². The molecule has 142 valence electrons. The number of hydrogen-bond donors (Lipinski definition) is 4. The molecule has 2 aromatic rings. The fourth-order valence-electron chi connectivity index (χ4n) is 2.29. The van der Waals surface area contributed by atoms with Crippen LogP contribution < -0.4 is 10.5 Å². The van der Waals surface area contributed by atoms with E-state index >= 15 is 0 Å². The maximum absolute atomic E-state index is 12.0. The fraction of sp³-hybridized carbons (Fsp3) is 0.250. The van der Waals surface area contributed by atoms with Gasteiger partial charge >= 0.3 is 10.2 Å². The minimum absolute atomic E-state index is 0.0145. The smallest absolute Gasteiger partial charge is 0.302 e. The summed E-state index contributed by atoms with van der Waals surface area (Å²) < 4.78 is 23.9. The average Bonchev–Trinajstić information content (AvgIpc) is 2.97. The number of nitrogens with zero attached hydrogens (tertiary/aromatic N) is 1. The van der Waals surface area contributed by atoms with Gasteiger partial charge in [0, 0.05) is 36.2 Å². The summed E-state index contributed by atoms with van der Waals surface area (Å²) in [6, 6.07) is 8.51. The molecule has 0 aliphatic rings. The molecule has 0 spiro atoms. The van der Waals surface area contributed by atoms with E-state index in [9.17, 15) is 13.2 Å². The molecule has 0 unspecified atom stereocenters. The average molecular weight is 383 g/mol. The van der Waals surface area contributed by atoms with Crippen LogP contribution >= 0.6 is 0 Å². The van der Waals surface area contributed by atoms with Crippen molar-refractivity contribution in [2.24, 2.45) is 5.14 Å². The molecule has 0 fully saturated rings. The van der Waals surface area contributed by atoms with Gasteiger partial charge < -0.3 is 15.5 Å². The lowest BCUT2D eigenvalue weighted by Crippen LogP contribution is -2.25. The number of benzene rings is 1. The maximum atomic E-state index is 12.0. The van der Waals surface area contributed by atoms with Crippen molar-refractivity contribution in [1.29, 1.82) is 0 Å². The van der Waals surface area contributed by atoms with Gasteiger partial charge in [-0.05, 0) is 37.1 Å². The first-order valence-corrected chi connectivity index (χ1v) is 9.05. The van der Waals surface area contributed by atoms with Gasteiger partial charge in [-0.1, -0.05) is 12.1 Å².